The van der Waals surface area contributed by atoms with Gasteiger partial charge >= 0.3 is 0 Å². The molecule has 0 spiro atoms. The van der Waals surface area contributed by atoms with Crippen molar-refractivity contribution in [1.82, 2.24) is 9.78 Å². The molecule has 1 unspecified atom stereocenters. The second-order valence-electron chi connectivity index (χ2n) is 5.34. The van der Waals surface area contributed by atoms with Gasteiger partial charge in [0.1, 0.15) is 0 Å². The fourth-order valence-corrected chi connectivity index (χ4v) is 3.07. The molecule has 0 aliphatic carbocycles. The van der Waals surface area contributed by atoms with Crippen molar-refractivity contribution in [3.8, 4) is 0 Å². The van der Waals surface area contributed by atoms with Crippen molar-refractivity contribution in [2.45, 2.75) is 26.0 Å². The van der Waals surface area contributed by atoms with Crippen molar-refractivity contribution >= 4 is 26.8 Å². The van der Waals surface area contributed by atoms with E-state index in [1.165, 1.54) is 5.56 Å². The number of aromatic nitrogens is 2. The lowest BCUT2D eigenvalue weighted by atomic mass is 10.0. The van der Waals surface area contributed by atoms with Gasteiger partial charge in [0.15, 0.2) is 0 Å². The fourth-order valence-electron chi connectivity index (χ4n) is 2.58. The minimum atomic E-state index is -0.361. The SMILES string of the molecule is CC(O)Cc1cc(Br)cc2c1cnn2Cc1ccccc1. The van der Waals surface area contributed by atoms with Crippen molar-refractivity contribution in [3.05, 3.63) is 64.3 Å². The summed E-state index contributed by atoms with van der Waals surface area (Å²) in [6.07, 6.45) is 2.16. The molecule has 0 radical (unpaired) electrons. The lowest BCUT2D eigenvalue weighted by Crippen LogP contribution is -2.05. The number of fused-ring (bicyclic) bond motifs is 1. The molecule has 1 heterocycles. The predicted molar refractivity (Wildman–Crippen MR) is 88.4 cm³/mol. The van der Waals surface area contributed by atoms with E-state index >= 15 is 0 Å². The Morgan fingerprint density at radius 2 is 2.00 bits per heavy atom. The van der Waals surface area contributed by atoms with Crippen LogP contribution in [0.25, 0.3) is 10.9 Å². The van der Waals surface area contributed by atoms with Gasteiger partial charge in [-0.1, -0.05) is 46.3 Å². The third-order valence-corrected chi connectivity index (χ3v) is 3.96. The van der Waals surface area contributed by atoms with Crippen LogP contribution in [-0.4, -0.2) is 21.0 Å². The van der Waals surface area contributed by atoms with Gasteiger partial charge in [-0.3, -0.25) is 4.68 Å². The van der Waals surface area contributed by atoms with Crippen LogP contribution in [0.1, 0.15) is 18.1 Å². The zero-order chi connectivity index (χ0) is 14.8. The number of aliphatic hydroxyl groups is 1. The Kier molecular flexibility index (Phi) is 4.08. The normalized spacial score (nSPS) is 12.7. The Morgan fingerprint density at radius 3 is 2.71 bits per heavy atom. The van der Waals surface area contributed by atoms with Gasteiger partial charge in [0.25, 0.3) is 0 Å². The molecule has 3 aromatic rings. The summed E-state index contributed by atoms with van der Waals surface area (Å²) in [4.78, 5) is 0. The zero-order valence-electron chi connectivity index (χ0n) is 11.8. The molecule has 4 heteroatoms. The number of rotatable bonds is 4. The monoisotopic (exact) mass is 344 g/mol. The third kappa shape index (κ3) is 3.17. The summed E-state index contributed by atoms with van der Waals surface area (Å²) in [5, 5.41) is 15.3. The standard InChI is InChI=1S/C17H17BrN2O/c1-12(21)7-14-8-15(18)9-17-16(14)10-19-20(17)11-13-5-3-2-4-6-13/h2-6,8-10,12,21H,7,11H2,1H3. The molecule has 0 amide bonds. The first-order chi connectivity index (χ1) is 10.1. The molecule has 1 N–H and O–H groups in total. The first-order valence-corrected chi connectivity index (χ1v) is 7.78. The molecular weight excluding hydrogens is 328 g/mol. The van der Waals surface area contributed by atoms with Crippen molar-refractivity contribution in [2.75, 3.05) is 0 Å². The second kappa shape index (κ2) is 6.00. The quantitative estimate of drug-likeness (QED) is 0.782. The minimum absolute atomic E-state index is 0.361. The molecule has 0 saturated carbocycles. The predicted octanol–water partition coefficient (Wildman–Crippen LogP) is 3.77. The molecule has 108 valence electrons. The van der Waals surface area contributed by atoms with Crippen LogP contribution in [0.3, 0.4) is 0 Å². The van der Waals surface area contributed by atoms with Crippen LogP contribution in [0.4, 0.5) is 0 Å². The number of benzene rings is 2. The molecule has 0 fully saturated rings. The Morgan fingerprint density at radius 1 is 1.24 bits per heavy atom. The average Bonchev–Trinajstić information content (AvgIpc) is 2.82. The van der Waals surface area contributed by atoms with Crippen LogP contribution in [0.2, 0.25) is 0 Å². The van der Waals surface area contributed by atoms with Gasteiger partial charge < -0.3 is 5.11 Å². The van der Waals surface area contributed by atoms with Crippen LogP contribution >= 0.6 is 15.9 Å². The number of hydrogen-bond donors (Lipinski definition) is 1. The van der Waals surface area contributed by atoms with E-state index in [4.69, 9.17) is 0 Å². The number of nitrogens with zero attached hydrogens (tertiary/aromatic N) is 2. The molecule has 0 bridgehead atoms. The van der Waals surface area contributed by atoms with E-state index in [9.17, 15) is 5.11 Å². The maximum atomic E-state index is 9.66. The molecular formula is C17H17BrN2O. The van der Waals surface area contributed by atoms with Gasteiger partial charge in [-0.25, -0.2) is 0 Å². The molecule has 3 rings (SSSR count). The van der Waals surface area contributed by atoms with Gasteiger partial charge in [-0.05, 0) is 36.6 Å². The van der Waals surface area contributed by atoms with E-state index in [2.05, 4.69) is 45.3 Å². The van der Waals surface area contributed by atoms with E-state index in [1.54, 1.807) is 6.92 Å². The van der Waals surface area contributed by atoms with Crippen molar-refractivity contribution in [3.63, 3.8) is 0 Å². The first kappa shape index (κ1) is 14.3. The fraction of sp³-hybridized carbons (Fsp3) is 0.235. The van der Waals surface area contributed by atoms with E-state index in [0.29, 0.717) is 6.42 Å². The smallest absolute Gasteiger partial charge is 0.0700 e. The summed E-state index contributed by atoms with van der Waals surface area (Å²) < 4.78 is 3.02. The lowest BCUT2D eigenvalue weighted by Gasteiger charge is -2.08. The largest absolute Gasteiger partial charge is 0.393 e. The van der Waals surface area contributed by atoms with E-state index < -0.39 is 0 Å². The van der Waals surface area contributed by atoms with Crippen LogP contribution in [0.5, 0.6) is 0 Å². The van der Waals surface area contributed by atoms with Gasteiger partial charge in [-0.15, -0.1) is 0 Å². The zero-order valence-corrected chi connectivity index (χ0v) is 13.4. The highest BCUT2D eigenvalue weighted by Crippen LogP contribution is 2.26. The molecule has 3 nitrogen and oxygen atoms in total. The van der Waals surface area contributed by atoms with Crippen molar-refractivity contribution < 1.29 is 5.11 Å². The molecule has 0 saturated heterocycles. The van der Waals surface area contributed by atoms with Crippen LogP contribution < -0.4 is 0 Å². The maximum Gasteiger partial charge on any atom is 0.0700 e. The molecule has 21 heavy (non-hydrogen) atoms. The molecule has 0 aliphatic heterocycles. The van der Waals surface area contributed by atoms with Crippen molar-refractivity contribution in [1.29, 1.82) is 0 Å². The van der Waals surface area contributed by atoms with E-state index in [-0.39, 0.29) is 6.10 Å². The van der Waals surface area contributed by atoms with Gasteiger partial charge in [0.2, 0.25) is 0 Å². The van der Waals surface area contributed by atoms with E-state index in [1.807, 2.05) is 29.1 Å². The number of hydrogen-bond acceptors (Lipinski definition) is 2. The summed E-state index contributed by atoms with van der Waals surface area (Å²) >= 11 is 3.55. The van der Waals surface area contributed by atoms with Crippen LogP contribution in [0.15, 0.2) is 53.1 Å². The highest BCUT2D eigenvalue weighted by Gasteiger charge is 2.11. The molecule has 1 aromatic heterocycles. The summed E-state index contributed by atoms with van der Waals surface area (Å²) in [6.45, 7) is 2.55. The maximum absolute atomic E-state index is 9.66. The third-order valence-electron chi connectivity index (χ3n) is 3.50. The second-order valence-corrected chi connectivity index (χ2v) is 6.25. The molecule has 2 aromatic carbocycles. The Labute approximate surface area is 132 Å². The summed E-state index contributed by atoms with van der Waals surface area (Å²) in [5.41, 5.74) is 3.43. The number of aliphatic hydroxyl groups excluding tert-OH is 1. The van der Waals surface area contributed by atoms with Gasteiger partial charge in [0, 0.05) is 9.86 Å². The first-order valence-electron chi connectivity index (χ1n) is 6.99. The Balaban J connectivity index is 2.03. The topological polar surface area (TPSA) is 38.1 Å². The van der Waals surface area contributed by atoms with Crippen LogP contribution in [0, 0.1) is 0 Å². The van der Waals surface area contributed by atoms with Gasteiger partial charge in [-0.2, -0.15) is 5.10 Å². The average molecular weight is 345 g/mol. The lowest BCUT2D eigenvalue weighted by molar-refractivity contribution is 0.196. The Bertz CT molecular complexity index is 750. The molecule has 1 atom stereocenters. The summed E-state index contributed by atoms with van der Waals surface area (Å²) in [7, 11) is 0. The Hall–Kier alpha value is -1.65. The minimum Gasteiger partial charge on any atom is -0.393 e. The van der Waals surface area contributed by atoms with Crippen molar-refractivity contribution in [2.24, 2.45) is 0 Å². The summed E-state index contributed by atoms with van der Waals surface area (Å²) in [6, 6.07) is 14.4. The highest BCUT2D eigenvalue weighted by molar-refractivity contribution is 9.10. The number of halogens is 1. The van der Waals surface area contributed by atoms with Gasteiger partial charge in [0.05, 0.1) is 24.4 Å². The van der Waals surface area contributed by atoms with E-state index in [0.717, 1.165) is 27.5 Å². The highest BCUT2D eigenvalue weighted by atomic mass is 79.9. The molecule has 0 aliphatic rings. The van der Waals surface area contributed by atoms with Crippen LogP contribution in [-0.2, 0) is 13.0 Å². The summed E-state index contributed by atoms with van der Waals surface area (Å²) in [5.74, 6) is 0.